The zero-order valence-corrected chi connectivity index (χ0v) is 19.6. The monoisotopic (exact) mass is 403 g/mol. The number of nitrogens with zero attached hydrogens (tertiary/aromatic N) is 1. The largest absolute Gasteiger partial charge is 1.00 e. The second-order valence-electron chi connectivity index (χ2n) is 4.02. The van der Waals surface area contributed by atoms with Gasteiger partial charge in [-0.05, 0) is 11.7 Å². The van der Waals surface area contributed by atoms with Crippen LogP contribution in [0.1, 0.15) is 5.56 Å². The predicted molar refractivity (Wildman–Crippen MR) is 69.2 cm³/mol. The van der Waals surface area contributed by atoms with Crippen LogP contribution in [0.2, 0.25) is 0 Å². The first-order valence-corrected chi connectivity index (χ1v) is 5.99. The van der Waals surface area contributed by atoms with E-state index in [0.29, 0.717) is 0 Å². The number of nitro benzene ring substituents is 1. The van der Waals surface area contributed by atoms with Gasteiger partial charge in [0.25, 0.3) is 0 Å². The van der Waals surface area contributed by atoms with Crippen molar-refractivity contribution >= 4 is 11.8 Å². The molecule has 0 heterocycles. The van der Waals surface area contributed by atoms with E-state index in [1.54, 1.807) is 24.3 Å². The average Bonchev–Trinajstić information content (AvgIpc) is 2.44. The molecular weight excluding hydrogens is 394 g/mol. The van der Waals surface area contributed by atoms with E-state index >= 15 is 0 Å². The van der Waals surface area contributed by atoms with Crippen molar-refractivity contribution in [3.63, 3.8) is 0 Å². The van der Waals surface area contributed by atoms with Crippen molar-refractivity contribution in [1.82, 2.24) is 0 Å². The molecule has 0 aliphatic rings. The predicted octanol–water partition coefficient (Wildman–Crippen LogP) is -4.99. The average molecular weight is 403 g/mol. The first kappa shape index (κ1) is 27.3. The van der Waals surface area contributed by atoms with Gasteiger partial charge in [-0.25, -0.2) is 0 Å². The van der Waals surface area contributed by atoms with Crippen LogP contribution in [0.3, 0.4) is 0 Å². The van der Waals surface area contributed by atoms with Gasteiger partial charge in [0.15, 0.2) is 0 Å². The summed E-state index contributed by atoms with van der Waals surface area (Å²) < 4.78 is 31.8. The minimum atomic E-state index is -2.33. The van der Waals surface area contributed by atoms with Gasteiger partial charge in [0.05, 0.1) is 4.92 Å². The van der Waals surface area contributed by atoms with Crippen LogP contribution in [0, 0.1) is 21.7 Å². The van der Waals surface area contributed by atoms with Gasteiger partial charge in [0.2, 0.25) is 11.6 Å². The van der Waals surface area contributed by atoms with E-state index in [0.717, 1.165) is 17.7 Å². The van der Waals surface area contributed by atoms with Crippen LogP contribution in [0.15, 0.2) is 42.5 Å². The summed E-state index contributed by atoms with van der Waals surface area (Å²) in [5.74, 6) is -2.61. The van der Waals surface area contributed by atoms with Gasteiger partial charge >= 0.3 is 108 Å². The molecule has 0 saturated carbocycles. The molecule has 25 heavy (non-hydrogen) atoms. The number of hydrogen-bond acceptors (Lipinski definition) is 6. The van der Waals surface area contributed by atoms with Gasteiger partial charge in [-0.3, -0.25) is 10.1 Å². The number of carbonyl (C=O) groups is 1. The van der Waals surface area contributed by atoms with Crippen molar-refractivity contribution in [3.05, 3.63) is 69.8 Å². The quantitative estimate of drug-likeness (QED) is 0.287. The molecule has 0 aliphatic heterocycles. The van der Waals surface area contributed by atoms with Crippen molar-refractivity contribution < 1.29 is 136 Å². The van der Waals surface area contributed by atoms with Crippen molar-refractivity contribution in [2.24, 2.45) is 0 Å². The number of ether oxygens (including phenoxy) is 1. The molecule has 0 fully saturated rings. The molecule has 0 aliphatic carbocycles. The van der Waals surface area contributed by atoms with Crippen LogP contribution in [-0.2, 0) is 6.61 Å². The van der Waals surface area contributed by atoms with Crippen LogP contribution in [0.25, 0.3) is 0 Å². The molecule has 0 atom stereocenters. The molecule has 0 radical (unpaired) electrons. The van der Waals surface area contributed by atoms with E-state index in [9.17, 15) is 18.9 Å². The maximum absolute atomic E-state index is 13.3. The number of benzene rings is 2. The summed E-state index contributed by atoms with van der Waals surface area (Å²) in [4.78, 5) is 17.6. The normalized spacial score (nSPS) is 8.72. The van der Waals surface area contributed by atoms with E-state index in [1.807, 2.05) is 6.07 Å². The molecule has 0 bridgehead atoms. The Morgan fingerprint density at radius 1 is 1.04 bits per heavy atom. The van der Waals surface area contributed by atoms with Crippen molar-refractivity contribution in [1.29, 1.82) is 0 Å². The Kier molecular flexibility index (Phi) is 15.4. The summed E-state index contributed by atoms with van der Waals surface area (Å²) in [6, 6.07) is 10.6. The van der Waals surface area contributed by atoms with Crippen LogP contribution in [0.4, 0.5) is 19.3 Å². The first-order valence-electron chi connectivity index (χ1n) is 5.99. The smallest absolute Gasteiger partial charge is 0.652 e. The standard InChI is InChI=1S/C13H9F2NO3.CH2O3.2K/c14-11-6-10(7-12(15)13(11)16(17)18)19-8-9-4-2-1-3-5-9;2-1(3)4;;/h1-7H,8H2;(H2,2,3,4);;/q;;2*+1/p-2. The second kappa shape index (κ2) is 14.1. The Balaban J connectivity index is 0. The Morgan fingerprint density at radius 2 is 1.48 bits per heavy atom. The van der Waals surface area contributed by atoms with Crippen molar-refractivity contribution in [2.75, 3.05) is 0 Å². The van der Waals surface area contributed by atoms with Crippen LogP contribution in [-0.4, -0.2) is 11.1 Å². The zero-order valence-electron chi connectivity index (χ0n) is 13.4. The summed E-state index contributed by atoms with van der Waals surface area (Å²) in [6.07, 6.45) is -2.33. The molecule has 7 nitrogen and oxygen atoms in total. The maximum Gasteiger partial charge on any atom is 1.00 e. The number of carbonyl (C=O) groups excluding carboxylic acids is 1. The van der Waals surface area contributed by atoms with Crippen LogP contribution < -0.4 is 118 Å². The number of hydrogen-bond donors (Lipinski definition) is 0. The summed E-state index contributed by atoms with van der Waals surface area (Å²) in [5.41, 5.74) is -0.353. The number of nitro groups is 1. The fraction of sp³-hybridized carbons (Fsp3) is 0.0714. The van der Waals surface area contributed by atoms with Gasteiger partial charge in [-0.2, -0.15) is 8.78 Å². The zero-order chi connectivity index (χ0) is 17.4. The Hall–Kier alpha value is 0.0427. The number of halogens is 2. The SMILES string of the molecule is O=C([O-])[O-].O=[N+]([O-])c1c(F)cc(OCc2ccccc2)cc1F.[K+].[K+]. The van der Waals surface area contributed by atoms with Crippen LogP contribution >= 0.6 is 0 Å². The van der Waals surface area contributed by atoms with E-state index in [2.05, 4.69) is 0 Å². The molecule has 0 saturated heterocycles. The first-order chi connectivity index (χ1) is 10.8. The van der Waals surface area contributed by atoms with E-state index < -0.39 is 28.4 Å². The molecule has 2 aromatic rings. The molecule has 0 spiro atoms. The number of carboxylic acid groups (broad SMARTS) is 2. The third-order valence-electron chi connectivity index (χ3n) is 2.42. The Labute approximate surface area is 226 Å². The summed E-state index contributed by atoms with van der Waals surface area (Å²) >= 11 is 0. The molecule has 122 valence electrons. The third-order valence-corrected chi connectivity index (χ3v) is 2.42. The number of rotatable bonds is 4. The molecule has 2 rings (SSSR count). The van der Waals surface area contributed by atoms with Crippen molar-refractivity contribution in [2.45, 2.75) is 6.61 Å². The van der Waals surface area contributed by atoms with Crippen LogP contribution in [0.5, 0.6) is 5.75 Å². The second-order valence-corrected chi connectivity index (χ2v) is 4.02. The Bertz CT molecular complexity index is 676. The molecule has 2 aromatic carbocycles. The summed E-state index contributed by atoms with van der Waals surface area (Å²) in [5, 5.41) is 27.1. The van der Waals surface area contributed by atoms with E-state index in [-0.39, 0.29) is 115 Å². The van der Waals surface area contributed by atoms with Crippen molar-refractivity contribution in [3.8, 4) is 5.75 Å². The van der Waals surface area contributed by atoms with Gasteiger partial charge in [0, 0.05) is 12.1 Å². The topological polar surface area (TPSA) is 116 Å². The molecule has 11 heteroatoms. The molecular formula is C14H9F2K2NO6. The van der Waals surface area contributed by atoms with Gasteiger partial charge in [-0.15, -0.1) is 0 Å². The summed E-state index contributed by atoms with van der Waals surface area (Å²) in [6.45, 7) is 0.123. The molecule has 0 aromatic heterocycles. The van der Waals surface area contributed by atoms with Gasteiger partial charge in [0.1, 0.15) is 12.4 Å². The van der Waals surface area contributed by atoms with Gasteiger partial charge in [-0.1, -0.05) is 30.3 Å². The van der Waals surface area contributed by atoms with E-state index in [4.69, 9.17) is 19.7 Å². The summed E-state index contributed by atoms with van der Waals surface area (Å²) in [7, 11) is 0. The fourth-order valence-corrected chi connectivity index (χ4v) is 1.54. The molecule has 0 N–H and O–H groups in total. The minimum absolute atomic E-state index is 0. The minimum Gasteiger partial charge on any atom is -0.652 e. The Morgan fingerprint density at radius 3 is 1.88 bits per heavy atom. The van der Waals surface area contributed by atoms with E-state index in [1.165, 1.54) is 0 Å². The maximum atomic E-state index is 13.3. The molecule has 0 unspecified atom stereocenters. The molecule has 0 amide bonds. The fourth-order valence-electron chi connectivity index (χ4n) is 1.54. The van der Waals surface area contributed by atoms with Gasteiger partial charge < -0.3 is 19.7 Å². The third kappa shape index (κ3) is 10.7.